The minimum atomic E-state index is -3.46. The Hall–Kier alpha value is -1.72. The van der Waals surface area contributed by atoms with E-state index in [9.17, 15) is 13.5 Å². The van der Waals surface area contributed by atoms with Gasteiger partial charge in [0.05, 0.1) is 17.8 Å². The third-order valence-corrected chi connectivity index (χ3v) is 4.73. The van der Waals surface area contributed by atoms with E-state index in [0.29, 0.717) is 10.6 Å². The lowest BCUT2D eigenvalue weighted by molar-refractivity contribution is 0.373. The zero-order valence-corrected chi connectivity index (χ0v) is 12.3. The van der Waals surface area contributed by atoms with Crippen LogP contribution in [0.15, 0.2) is 47.4 Å². The molecule has 0 amide bonds. The maximum atomic E-state index is 12.3. The monoisotopic (exact) mass is 312 g/mol. The Kier molecular flexibility index (Phi) is 4.20. The van der Waals surface area contributed by atoms with Crippen molar-refractivity contribution < 1.29 is 18.3 Å². The van der Waals surface area contributed by atoms with Gasteiger partial charge in [-0.2, -0.15) is 0 Å². The van der Waals surface area contributed by atoms with Gasteiger partial charge in [0.25, 0.3) is 0 Å². The van der Waals surface area contributed by atoms with E-state index in [4.69, 9.17) is 16.3 Å². The van der Waals surface area contributed by atoms with Crippen LogP contribution in [-0.2, 0) is 15.6 Å². The molecule has 0 atom stereocenters. The van der Waals surface area contributed by atoms with Crippen LogP contribution < -0.4 is 4.74 Å². The van der Waals surface area contributed by atoms with Crippen molar-refractivity contribution >= 4 is 21.4 Å². The van der Waals surface area contributed by atoms with Crippen LogP contribution in [0.25, 0.3) is 0 Å². The zero-order valence-electron chi connectivity index (χ0n) is 10.7. The molecular weight excluding hydrogens is 300 g/mol. The van der Waals surface area contributed by atoms with Crippen LogP contribution >= 0.6 is 11.6 Å². The average Bonchev–Trinajstić information content (AvgIpc) is 2.41. The van der Waals surface area contributed by atoms with E-state index in [1.165, 1.54) is 43.5 Å². The van der Waals surface area contributed by atoms with Crippen molar-refractivity contribution in [2.45, 2.75) is 10.6 Å². The molecule has 6 heteroatoms. The lowest BCUT2D eigenvalue weighted by Gasteiger charge is -2.08. The summed E-state index contributed by atoms with van der Waals surface area (Å²) in [4.78, 5) is 0.203. The average molecular weight is 313 g/mol. The second-order valence-electron chi connectivity index (χ2n) is 4.22. The molecule has 2 rings (SSSR count). The van der Waals surface area contributed by atoms with Gasteiger partial charge in [0.15, 0.2) is 21.3 Å². The van der Waals surface area contributed by atoms with E-state index in [1.807, 2.05) is 0 Å². The summed E-state index contributed by atoms with van der Waals surface area (Å²) in [5, 5.41) is 9.97. The molecule has 0 saturated carbocycles. The molecule has 2 aromatic carbocycles. The molecule has 0 aliphatic heterocycles. The lowest BCUT2D eigenvalue weighted by atomic mass is 10.2. The summed E-state index contributed by atoms with van der Waals surface area (Å²) in [5.74, 6) is 0.0413. The number of halogens is 1. The number of aromatic hydroxyl groups is 1. The van der Waals surface area contributed by atoms with E-state index in [-0.39, 0.29) is 22.1 Å². The highest BCUT2D eigenvalue weighted by atomic mass is 35.5. The maximum absolute atomic E-state index is 12.3. The summed E-state index contributed by atoms with van der Waals surface area (Å²) in [6.45, 7) is 0. The van der Waals surface area contributed by atoms with Crippen LogP contribution in [0.4, 0.5) is 0 Å². The maximum Gasteiger partial charge on any atom is 0.182 e. The number of rotatable bonds is 4. The fourth-order valence-corrected chi connectivity index (χ4v) is 3.22. The van der Waals surface area contributed by atoms with E-state index in [1.54, 1.807) is 6.07 Å². The normalized spacial score (nSPS) is 11.3. The van der Waals surface area contributed by atoms with Gasteiger partial charge in [-0.05, 0) is 42.0 Å². The Balaban J connectivity index is 2.30. The van der Waals surface area contributed by atoms with Crippen LogP contribution in [0, 0.1) is 0 Å². The summed E-state index contributed by atoms with van der Waals surface area (Å²) >= 11 is 5.74. The van der Waals surface area contributed by atoms with Crippen LogP contribution in [-0.4, -0.2) is 20.6 Å². The second kappa shape index (κ2) is 5.73. The Bertz CT molecular complexity index is 708. The molecule has 4 nitrogen and oxygen atoms in total. The molecule has 106 valence electrons. The van der Waals surface area contributed by atoms with Gasteiger partial charge in [0.1, 0.15) is 0 Å². The van der Waals surface area contributed by atoms with E-state index in [0.717, 1.165) is 0 Å². The third kappa shape index (κ3) is 3.23. The summed E-state index contributed by atoms with van der Waals surface area (Å²) in [5.41, 5.74) is 0.537. The molecule has 0 unspecified atom stereocenters. The number of benzene rings is 2. The van der Waals surface area contributed by atoms with Gasteiger partial charge < -0.3 is 9.84 Å². The quantitative estimate of drug-likeness (QED) is 0.942. The molecular formula is C14H13ClO4S. The van der Waals surface area contributed by atoms with Gasteiger partial charge in [0.2, 0.25) is 0 Å². The molecule has 0 radical (unpaired) electrons. The molecule has 20 heavy (non-hydrogen) atoms. The first kappa shape index (κ1) is 14.7. The van der Waals surface area contributed by atoms with Crippen molar-refractivity contribution in [2.75, 3.05) is 7.11 Å². The number of methoxy groups -OCH3 is 1. The van der Waals surface area contributed by atoms with Gasteiger partial charge in [0, 0.05) is 5.02 Å². The largest absolute Gasteiger partial charge is 0.504 e. The molecule has 0 aromatic heterocycles. The first-order valence-electron chi connectivity index (χ1n) is 5.76. The summed E-state index contributed by atoms with van der Waals surface area (Å²) in [7, 11) is -2.05. The lowest BCUT2D eigenvalue weighted by Crippen LogP contribution is -2.05. The summed E-state index contributed by atoms with van der Waals surface area (Å²) in [6, 6.07) is 10.5. The predicted molar refractivity (Wildman–Crippen MR) is 77.0 cm³/mol. The summed E-state index contributed by atoms with van der Waals surface area (Å²) < 4.78 is 29.5. The fraction of sp³-hybridized carbons (Fsp3) is 0.143. The van der Waals surface area contributed by atoms with E-state index >= 15 is 0 Å². The highest BCUT2D eigenvalue weighted by Crippen LogP contribution is 2.28. The smallest absolute Gasteiger partial charge is 0.182 e. The Labute approximate surface area is 122 Å². The molecule has 0 spiro atoms. The van der Waals surface area contributed by atoms with Crippen LogP contribution in [0.2, 0.25) is 5.02 Å². The van der Waals surface area contributed by atoms with Gasteiger partial charge in [-0.1, -0.05) is 17.7 Å². The van der Waals surface area contributed by atoms with E-state index in [2.05, 4.69) is 0 Å². The molecule has 1 N–H and O–H groups in total. The number of ether oxygens (including phenoxy) is 1. The molecule has 0 aliphatic rings. The van der Waals surface area contributed by atoms with Gasteiger partial charge >= 0.3 is 0 Å². The highest BCUT2D eigenvalue weighted by Gasteiger charge is 2.16. The molecule has 2 aromatic rings. The third-order valence-electron chi connectivity index (χ3n) is 2.77. The highest BCUT2D eigenvalue weighted by molar-refractivity contribution is 7.90. The molecule has 0 heterocycles. The van der Waals surface area contributed by atoms with Crippen molar-refractivity contribution in [2.24, 2.45) is 0 Å². The minimum Gasteiger partial charge on any atom is -0.504 e. The van der Waals surface area contributed by atoms with Crippen LogP contribution in [0.5, 0.6) is 11.5 Å². The van der Waals surface area contributed by atoms with Gasteiger partial charge in [-0.3, -0.25) is 0 Å². The van der Waals surface area contributed by atoms with Crippen LogP contribution in [0.1, 0.15) is 5.56 Å². The number of phenolic OH excluding ortho intramolecular Hbond substituents is 1. The van der Waals surface area contributed by atoms with Crippen molar-refractivity contribution in [3.8, 4) is 11.5 Å². The topological polar surface area (TPSA) is 63.6 Å². The number of phenols is 1. The van der Waals surface area contributed by atoms with E-state index < -0.39 is 9.84 Å². The van der Waals surface area contributed by atoms with Crippen molar-refractivity contribution in [3.05, 3.63) is 53.1 Å². The Morgan fingerprint density at radius 3 is 2.40 bits per heavy atom. The number of hydrogen-bond acceptors (Lipinski definition) is 4. The van der Waals surface area contributed by atoms with Gasteiger partial charge in [-0.15, -0.1) is 0 Å². The summed E-state index contributed by atoms with van der Waals surface area (Å²) in [6.07, 6.45) is 0. The molecule has 0 bridgehead atoms. The van der Waals surface area contributed by atoms with Crippen LogP contribution in [0.3, 0.4) is 0 Å². The number of sulfone groups is 1. The Morgan fingerprint density at radius 1 is 1.15 bits per heavy atom. The second-order valence-corrected chi connectivity index (χ2v) is 6.65. The predicted octanol–water partition coefficient (Wildman–Crippen LogP) is 3.03. The standard InChI is InChI=1S/C14H13ClO4S/c1-19-14-8-10(2-7-13(14)16)9-20(17,18)12-5-3-11(15)4-6-12/h2-8,16H,9H2,1H3. The van der Waals surface area contributed by atoms with Crippen molar-refractivity contribution in [3.63, 3.8) is 0 Å². The molecule has 0 fully saturated rings. The molecule has 0 aliphatic carbocycles. The first-order valence-corrected chi connectivity index (χ1v) is 7.79. The Morgan fingerprint density at radius 2 is 1.80 bits per heavy atom. The minimum absolute atomic E-state index is 0.0276. The van der Waals surface area contributed by atoms with Crippen molar-refractivity contribution in [1.29, 1.82) is 0 Å². The fourth-order valence-electron chi connectivity index (χ4n) is 1.76. The molecule has 0 saturated heterocycles. The number of hydrogen-bond donors (Lipinski definition) is 1. The first-order chi connectivity index (χ1) is 9.42. The SMILES string of the molecule is COc1cc(CS(=O)(=O)c2ccc(Cl)cc2)ccc1O. The van der Waals surface area contributed by atoms with Gasteiger partial charge in [-0.25, -0.2) is 8.42 Å². The van der Waals surface area contributed by atoms with Crippen molar-refractivity contribution in [1.82, 2.24) is 0 Å². The zero-order chi connectivity index (χ0) is 14.8.